The Labute approximate surface area is 65.8 Å². The molecule has 58 valence electrons. The lowest BCUT2D eigenvalue weighted by molar-refractivity contribution is 0.591. The van der Waals surface area contributed by atoms with Gasteiger partial charge >= 0.3 is 0 Å². The Balaban J connectivity index is 2.99. The molecule has 1 nitrogen and oxygen atoms in total. The highest BCUT2D eigenvalue weighted by Crippen LogP contribution is 2.28. The first kappa shape index (κ1) is 8.00. The van der Waals surface area contributed by atoms with E-state index in [1.54, 1.807) is 0 Å². The summed E-state index contributed by atoms with van der Waals surface area (Å²) in [5, 5.41) is 8.49. The molecule has 0 bridgehead atoms. The Hall–Kier alpha value is -1.10. The van der Waals surface area contributed by atoms with Crippen molar-refractivity contribution in [2.45, 2.75) is 20.3 Å². The summed E-state index contributed by atoms with van der Waals surface area (Å²) in [6, 6.07) is 1.86. The van der Waals surface area contributed by atoms with Crippen molar-refractivity contribution < 1.29 is 4.39 Å². The van der Waals surface area contributed by atoms with Gasteiger partial charge in [-0.15, -0.1) is 0 Å². The lowest BCUT2D eigenvalue weighted by Gasteiger charge is -2.15. The van der Waals surface area contributed by atoms with Gasteiger partial charge in [-0.1, -0.05) is 12.5 Å². The van der Waals surface area contributed by atoms with Gasteiger partial charge in [0.1, 0.15) is 5.83 Å². The van der Waals surface area contributed by atoms with Gasteiger partial charge in [0.15, 0.2) is 0 Å². The summed E-state index contributed by atoms with van der Waals surface area (Å²) in [4.78, 5) is 0. The molecule has 0 aromatic rings. The molecular weight excluding hydrogens is 141 g/mol. The number of rotatable bonds is 0. The molecule has 0 saturated heterocycles. The molecule has 1 aliphatic rings. The maximum atomic E-state index is 12.9. The van der Waals surface area contributed by atoms with Crippen LogP contribution in [0.4, 0.5) is 4.39 Å². The largest absolute Gasteiger partial charge is 0.206 e. The van der Waals surface area contributed by atoms with Crippen molar-refractivity contribution in [1.29, 1.82) is 5.26 Å². The third-order valence-electron chi connectivity index (χ3n) is 2.07. The smallest absolute Gasteiger partial charge is 0.136 e. The SMILES string of the molecule is CC1=CC(F)=C(C#N)CC1C. The second-order valence-corrected chi connectivity index (χ2v) is 2.93. The van der Waals surface area contributed by atoms with E-state index in [0.29, 0.717) is 12.3 Å². The van der Waals surface area contributed by atoms with Crippen molar-refractivity contribution in [1.82, 2.24) is 0 Å². The molecule has 1 aliphatic carbocycles. The Bertz CT molecular complexity index is 268. The monoisotopic (exact) mass is 151 g/mol. The molecule has 2 heteroatoms. The molecule has 0 spiro atoms. The van der Waals surface area contributed by atoms with Gasteiger partial charge in [-0.3, -0.25) is 0 Å². The van der Waals surface area contributed by atoms with Gasteiger partial charge < -0.3 is 0 Å². The van der Waals surface area contributed by atoms with Gasteiger partial charge in [0.2, 0.25) is 0 Å². The van der Waals surface area contributed by atoms with Crippen LogP contribution in [0.2, 0.25) is 0 Å². The van der Waals surface area contributed by atoms with Crippen LogP contribution in [-0.2, 0) is 0 Å². The van der Waals surface area contributed by atoms with Crippen molar-refractivity contribution in [3.05, 3.63) is 23.0 Å². The van der Waals surface area contributed by atoms with E-state index >= 15 is 0 Å². The quantitative estimate of drug-likeness (QED) is 0.522. The van der Waals surface area contributed by atoms with E-state index in [0.717, 1.165) is 5.57 Å². The fraction of sp³-hybridized carbons (Fsp3) is 0.444. The van der Waals surface area contributed by atoms with Crippen LogP contribution >= 0.6 is 0 Å². The number of hydrogen-bond donors (Lipinski definition) is 0. The van der Waals surface area contributed by atoms with Gasteiger partial charge in [0.25, 0.3) is 0 Å². The summed E-state index contributed by atoms with van der Waals surface area (Å²) in [5.74, 6) is -0.0488. The topological polar surface area (TPSA) is 23.8 Å². The molecular formula is C9H10FN. The van der Waals surface area contributed by atoms with E-state index in [1.165, 1.54) is 6.08 Å². The Morgan fingerprint density at radius 1 is 1.73 bits per heavy atom. The third kappa shape index (κ3) is 1.48. The minimum absolute atomic E-state index is 0.281. The summed E-state index contributed by atoms with van der Waals surface area (Å²) in [7, 11) is 0. The molecule has 0 N–H and O–H groups in total. The zero-order valence-corrected chi connectivity index (χ0v) is 6.69. The van der Waals surface area contributed by atoms with Crippen molar-refractivity contribution >= 4 is 0 Å². The van der Waals surface area contributed by atoms with Gasteiger partial charge in [-0.2, -0.15) is 5.26 Å². The first-order valence-corrected chi connectivity index (χ1v) is 3.62. The first-order chi connectivity index (χ1) is 5.15. The van der Waals surface area contributed by atoms with Crippen LogP contribution in [0.25, 0.3) is 0 Å². The second-order valence-electron chi connectivity index (χ2n) is 2.93. The molecule has 0 heterocycles. The Kier molecular flexibility index (Phi) is 2.09. The summed E-state index contributed by atoms with van der Waals surface area (Å²) in [6.45, 7) is 3.88. The van der Waals surface area contributed by atoms with E-state index in [1.807, 2.05) is 19.9 Å². The average molecular weight is 151 g/mol. The van der Waals surface area contributed by atoms with Crippen molar-refractivity contribution in [2.75, 3.05) is 0 Å². The molecule has 11 heavy (non-hydrogen) atoms. The number of halogens is 1. The predicted molar refractivity (Wildman–Crippen MR) is 41.3 cm³/mol. The molecule has 0 amide bonds. The van der Waals surface area contributed by atoms with Crippen LogP contribution in [0.3, 0.4) is 0 Å². The second kappa shape index (κ2) is 2.87. The number of nitrogens with zero attached hydrogens (tertiary/aromatic N) is 1. The van der Waals surface area contributed by atoms with Gasteiger partial charge in [-0.05, 0) is 25.3 Å². The van der Waals surface area contributed by atoms with Crippen LogP contribution in [0.1, 0.15) is 20.3 Å². The number of nitriles is 1. The molecule has 0 aliphatic heterocycles. The van der Waals surface area contributed by atoms with E-state index in [2.05, 4.69) is 0 Å². The van der Waals surface area contributed by atoms with E-state index < -0.39 is 0 Å². The summed E-state index contributed by atoms with van der Waals surface area (Å²) in [5.41, 5.74) is 1.30. The number of hydrogen-bond acceptors (Lipinski definition) is 1. The van der Waals surface area contributed by atoms with Crippen LogP contribution in [0.15, 0.2) is 23.0 Å². The molecule has 0 saturated carbocycles. The normalized spacial score (nSPS) is 24.5. The van der Waals surface area contributed by atoms with Gasteiger partial charge in [-0.25, -0.2) is 4.39 Å². The van der Waals surface area contributed by atoms with Gasteiger partial charge in [0, 0.05) is 0 Å². The molecule has 1 atom stereocenters. The van der Waals surface area contributed by atoms with Crippen LogP contribution in [0.5, 0.6) is 0 Å². The fourth-order valence-electron chi connectivity index (χ4n) is 1.09. The predicted octanol–water partition coefficient (Wildman–Crippen LogP) is 2.72. The molecule has 0 fully saturated rings. The zero-order chi connectivity index (χ0) is 8.43. The number of allylic oxidation sites excluding steroid dienone is 4. The highest BCUT2D eigenvalue weighted by molar-refractivity contribution is 5.37. The Morgan fingerprint density at radius 2 is 2.36 bits per heavy atom. The minimum atomic E-state index is -0.358. The van der Waals surface area contributed by atoms with E-state index in [-0.39, 0.29) is 11.4 Å². The summed E-state index contributed by atoms with van der Waals surface area (Å²) in [6.07, 6.45) is 2.00. The zero-order valence-electron chi connectivity index (χ0n) is 6.69. The molecule has 0 aromatic heterocycles. The lowest BCUT2D eigenvalue weighted by Crippen LogP contribution is -2.04. The van der Waals surface area contributed by atoms with Crippen molar-refractivity contribution in [3.8, 4) is 6.07 Å². The van der Waals surface area contributed by atoms with Gasteiger partial charge in [0.05, 0.1) is 11.6 Å². The van der Waals surface area contributed by atoms with Crippen LogP contribution in [0, 0.1) is 17.2 Å². The molecule has 1 rings (SSSR count). The van der Waals surface area contributed by atoms with E-state index in [4.69, 9.17) is 5.26 Å². The van der Waals surface area contributed by atoms with Crippen LogP contribution < -0.4 is 0 Å². The van der Waals surface area contributed by atoms with E-state index in [9.17, 15) is 4.39 Å². The average Bonchev–Trinajstić information content (AvgIpc) is 1.97. The Morgan fingerprint density at radius 3 is 2.91 bits per heavy atom. The molecule has 1 unspecified atom stereocenters. The third-order valence-corrected chi connectivity index (χ3v) is 2.07. The highest BCUT2D eigenvalue weighted by Gasteiger charge is 2.16. The fourth-order valence-corrected chi connectivity index (χ4v) is 1.09. The van der Waals surface area contributed by atoms with Crippen molar-refractivity contribution in [2.24, 2.45) is 5.92 Å². The lowest BCUT2D eigenvalue weighted by atomic mass is 9.89. The molecule has 0 radical (unpaired) electrons. The summed E-state index contributed by atoms with van der Waals surface area (Å²) < 4.78 is 12.9. The highest BCUT2D eigenvalue weighted by atomic mass is 19.1. The standard InChI is InChI=1S/C9H10FN/c1-6-3-8(5-11)9(10)4-7(6)2/h4,6H,3H2,1-2H3. The minimum Gasteiger partial charge on any atom is -0.206 e. The molecule has 0 aromatic carbocycles. The summed E-state index contributed by atoms with van der Waals surface area (Å²) >= 11 is 0. The first-order valence-electron chi connectivity index (χ1n) is 3.62. The maximum Gasteiger partial charge on any atom is 0.136 e. The maximum absolute atomic E-state index is 12.9. The van der Waals surface area contributed by atoms with Crippen molar-refractivity contribution in [3.63, 3.8) is 0 Å². The van der Waals surface area contributed by atoms with Crippen LogP contribution in [-0.4, -0.2) is 0 Å².